The molecule has 38 heavy (non-hydrogen) atoms. The van der Waals surface area contributed by atoms with Crippen LogP contribution in [0.2, 0.25) is 0 Å². The maximum Gasteiger partial charge on any atom is 0.338 e. The molecule has 1 aromatic heterocycles. The number of phenols is 1. The van der Waals surface area contributed by atoms with Crippen molar-refractivity contribution in [1.29, 1.82) is 0 Å². The number of carbonyl (C=O) groups is 1. The largest absolute Gasteiger partial charge is 0.504 e. The number of methoxy groups -OCH3 is 2. The van der Waals surface area contributed by atoms with Crippen LogP contribution >= 0.6 is 33.9 Å². The molecule has 0 amide bonds. The summed E-state index contributed by atoms with van der Waals surface area (Å²) < 4.78 is 24.3. The number of ether oxygens (including phenoxy) is 4. The van der Waals surface area contributed by atoms with Crippen LogP contribution < -0.4 is 29.1 Å². The van der Waals surface area contributed by atoms with Gasteiger partial charge in [0.25, 0.3) is 5.56 Å². The molecule has 2 heterocycles. The van der Waals surface area contributed by atoms with Gasteiger partial charge in [0.2, 0.25) is 0 Å². The van der Waals surface area contributed by atoms with Gasteiger partial charge in [-0.1, -0.05) is 17.4 Å². The van der Waals surface area contributed by atoms with Crippen molar-refractivity contribution in [2.75, 3.05) is 27.4 Å². The lowest BCUT2D eigenvalue weighted by Crippen LogP contribution is -2.40. The van der Waals surface area contributed by atoms with Gasteiger partial charge in [-0.15, -0.1) is 0 Å². The van der Waals surface area contributed by atoms with Gasteiger partial charge < -0.3 is 24.1 Å². The van der Waals surface area contributed by atoms with E-state index in [9.17, 15) is 14.7 Å². The summed E-state index contributed by atoms with van der Waals surface area (Å²) >= 11 is 3.22. The highest BCUT2D eigenvalue weighted by molar-refractivity contribution is 14.1. The van der Waals surface area contributed by atoms with Gasteiger partial charge in [-0.25, -0.2) is 9.79 Å². The summed E-state index contributed by atoms with van der Waals surface area (Å²) in [6, 6.07) is 7.94. The first-order valence-electron chi connectivity index (χ1n) is 11.8. The number of hydrogen-bond donors (Lipinski definition) is 1. The number of allylic oxidation sites excluding steroid dienone is 1. The van der Waals surface area contributed by atoms with E-state index in [0.29, 0.717) is 53.6 Å². The third-order valence-electron chi connectivity index (χ3n) is 5.89. The van der Waals surface area contributed by atoms with Crippen LogP contribution in [0.25, 0.3) is 6.08 Å². The molecule has 1 N–H and O–H groups in total. The molecule has 0 saturated carbocycles. The number of benzene rings is 2. The van der Waals surface area contributed by atoms with Crippen LogP contribution in [0.1, 0.15) is 37.9 Å². The molecule has 1 atom stereocenters. The number of halogens is 1. The molecule has 0 saturated heterocycles. The van der Waals surface area contributed by atoms with Crippen molar-refractivity contribution in [3.05, 3.63) is 76.0 Å². The van der Waals surface area contributed by atoms with Crippen molar-refractivity contribution >= 4 is 46.0 Å². The van der Waals surface area contributed by atoms with Crippen LogP contribution in [0, 0.1) is 3.57 Å². The number of hydrogen-bond acceptors (Lipinski definition) is 9. The fourth-order valence-electron chi connectivity index (χ4n) is 4.22. The van der Waals surface area contributed by atoms with Gasteiger partial charge in [-0.2, -0.15) is 0 Å². The Hall–Kier alpha value is -3.32. The number of rotatable bonds is 8. The van der Waals surface area contributed by atoms with Crippen LogP contribution in [0.4, 0.5) is 0 Å². The number of thiazole rings is 1. The normalized spacial score (nSPS) is 15.1. The number of phenolic OH excluding ortho intramolecular Hbond substituents is 1. The summed E-state index contributed by atoms with van der Waals surface area (Å²) in [5, 5.41) is 10.2. The Balaban J connectivity index is 1.97. The van der Waals surface area contributed by atoms with E-state index in [-0.39, 0.29) is 23.5 Å². The average molecular weight is 650 g/mol. The number of fused-ring (bicyclic) bond motifs is 1. The second kappa shape index (κ2) is 11.6. The molecule has 9 nitrogen and oxygen atoms in total. The van der Waals surface area contributed by atoms with E-state index in [0.717, 1.165) is 0 Å². The molecule has 3 aromatic rings. The van der Waals surface area contributed by atoms with E-state index in [1.165, 1.54) is 23.0 Å². The Morgan fingerprint density at radius 2 is 1.87 bits per heavy atom. The van der Waals surface area contributed by atoms with Crippen LogP contribution in [-0.4, -0.2) is 43.1 Å². The number of aromatic nitrogens is 1. The number of nitrogens with zero attached hydrogens (tertiary/aromatic N) is 2. The van der Waals surface area contributed by atoms with Gasteiger partial charge in [0.05, 0.1) is 52.8 Å². The molecule has 11 heteroatoms. The fraction of sp³-hybridized carbons (Fsp3) is 0.296. The Labute approximate surface area is 236 Å². The van der Waals surface area contributed by atoms with Gasteiger partial charge in [0.15, 0.2) is 27.8 Å². The quantitative estimate of drug-likeness (QED) is 0.294. The zero-order valence-corrected chi connectivity index (χ0v) is 24.5. The molecule has 1 aliphatic rings. The molecule has 0 unspecified atom stereocenters. The second-order valence-electron chi connectivity index (χ2n) is 8.20. The number of aromatic hydroxyl groups is 1. The van der Waals surface area contributed by atoms with E-state index in [1.807, 2.05) is 29.5 Å². The zero-order valence-electron chi connectivity index (χ0n) is 21.5. The third kappa shape index (κ3) is 5.17. The van der Waals surface area contributed by atoms with Gasteiger partial charge in [0, 0.05) is 0 Å². The smallest absolute Gasteiger partial charge is 0.338 e. The first-order chi connectivity index (χ1) is 18.2. The lowest BCUT2D eigenvalue weighted by Gasteiger charge is -2.25. The maximum absolute atomic E-state index is 13.8. The Morgan fingerprint density at radius 1 is 1.13 bits per heavy atom. The number of esters is 1. The maximum atomic E-state index is 13.8. The molecule has 0 bridgehead atoms. The molecule has 0 aliphatic carbocycles. The Kier molecular flexibility index (Phi) is 8.46. The summed E-state index contributed by atoms with van der Waals surface area (Å²) in [7, 11) is 3.02. The minimum atomic E-state index is -0.785. The lowest BCUT2D eigenvalue weighted by atomic mass is 9.95. The molecule has 0 radical (unpaired) electrons. The van der Waals surface area contributed by atoms with Crippen LogP contribution in [0.5, 0.6) is 23.0 Å². The van der Waals surface area contributed by atoms with Crippen LogP contribution in [0.15, 0.2) is 51.4 Å². The average Bonchev–Trinajstić information content (AvgIpc) is 3.19. The monoisotopic (exact) mass is 650 g/mol. The molecule has 0 spiro atoms. The predicted molar refractivity (Wildman–Crippen MR) is 152 cm³/mol. The summed E-state index contributed by atoms with van der Waals surface area (Å²) in [5.41, 5.74) is 1.76. The summed E-state index contributed by atoms with van der Waals surface area (Å²) in [6.07, 6.45) is 1.72. The van der Waals surface area contributed by atoms with Crippen molar-refractivity contribution in [3.8, 4) is 23.0 Å². The minimum Gasteiger partial charge on any atom is -0.504 e. The van der Waals surface area contributed by atoms with E-state index in [4.69, 9.17) is 18.9 Å². The van der Waals surface area contributed by atoms with Gasteiger partial charge >= 0.3 is 5.97 Å². The molecular weight excluding hydrogens is 623 g/mol. The van der Waals surface area contributed by atoms with Crippen LogP contribution in [-0.2, 0) is 9.53 Å². The molecule has 1 aliphatic heterocycles. The number of carbonyl (C=O) groups excluding carboxylic acids is 1. The van der Waals surface area contributed by atoms with Crippen molar-refractivity contribution in [3.63, 3.8) is 0 Å². The standard InChI is InChI=1S/C27H27IN2O7S/c1-6-36-19-13-16(8-9-18(19)34-4)23-22(26(33)37-7-2)14(3)29-27-30(23)25(32)21(38-27)12-15-10-17(28)24(31)20(11-15)35-5/h8-13,23,31H,6-7H2,1-5H3/b21-12-/t23-/m1/s1. The minimum absolute atomic E-state index is 0.0334. The van der Waals surface area contributed by atoms with E-state index in [1.54, 1.807) is 57.4 Å². The molecular formula is C27H27IN2O7S. The summed E-state index contributed by atoms with van der Waals surface area (Å²) in [4.78, 5) is 32.0. The van der Waals surface area contributed by atoms with Crippen molar-refractivity contribution in [2.24, 2.45) is 4.99 Å². The molecule has 2 aromatic carbocycles. The van der Waals surface area contributed by atoms with Crippen molar-refractivity contribution < 1.29 is 28.8 Å². The highest BCUT2D eigenvalue weighted by Gasteiger charge is 2.34. The first-order valence-corrected chi connectivity index (χ1v) is 13.7. The van der Waals surface area contributed by atoms with E-state index >= 15 is 0 Å². The van der Waals surface area contributed by atoms with Crippen molar-refractivity contribution in [1.82, 2.24) is 4.57 Å². The zero-order chi connectivity index (χ0) is 27.6. The third-order valence-corrected chi connectivity index (χ3v) is 7.69. The van der Waals surface area contributed by atoms with Gasteiger partial charge in [0.1, 0.15) is 0 Å². The van der Waals surface area contributed by atoms with E-state index < -0.39 is 12.0 Å². The predicted octanol–water partition coefficient (Wildman–Crippen LogP) is 3.52. The second-order valence-corrected chi connectivity index (χ2v) is 10.4. The molecule has 0 fully saturated rings. The first kappa shape index (κ1) is 27.7. The van der Waals surface area contributed by atoms with Crippen molar-refractivity contribution in [2.45, 2.75) is 26.8 Å². The highest BCUT2D eigenvalue weighted by Crippen LogP contribution is 2.36. The molecule has 200 valence electrons. The van der Waals surface area contributed by atoms with Crippen LogP contribution in [0.3, 0.4) is 0 Å². The Bertz CT molecular complexity index is 1610. The molecule has 4 rings (SSSR count). The lowest BCUT2D eigenvalue weighted by molar-refractivity contribution is -0.139. The van der Waals surface area contributed by atoms with Gasteiger partial charge in [-0.3, -0.25) is 9.36 Å². The topological polar surface area (TPSA) is 109 Å². The summed E-state index contributed by atoms with van der Waals surface area (Å²) in [5.74, 6) is 0.831. The van der Waals surface area contributed by atoms with Gasteiger partial charge in [-0.05, 0) is 84.8 Å². The highest BCUT2D eigenvalue weighted by atomic mass is 127. The Morgan fingerprint density at radius 3 is 2.53 bits per heavy atom. The SMILES string of the molecule is CCOC(=O)C1=C(C)N=c2s/c(=C\c3cc(I)c(O)c(OC)c3)c(=O)n2[C@@H]1c1ccc(OC)c(OCC)c1. The fourth-order valence-corrected chi connectivity index (χ4v) is 5.89. The van der Waals surface area contributed by atoms with E-state index in [2.05, 4.69) is 4.99 Å². The summed E-state index contributed by atoms with van der Waals surface area (Å²) in [6.45, 7) is 5.92.